The molecule has 30 heavy (non-hydrogen) atoms. The fraction of sp³-hybridized carbons (Fsp3) is 0.0952. The first-order valence-electron chi connectivity index (χ1n) is 9.23. The van der Waals surface area contributed by atoms with Crippen LogP contribution in [0.5, 0.6) is 0 Å². The maximum Gasteiger partial charge on any atom is 0.257 e. The molecule has 2 aromatic carbocycles. The van der Waals surface area contributed by atoms with Crippen molar-refractivity contribution in [2.75, 3.05) is 10.7 Å². The van der Waals surface area contributed by atoms with Crippen molar-refractivity contribution in [3.8, 4) is 5.95 Å². The van der Waals surface area contributed by atoms with E-state index in [0.29, 0.717) is 17.8 Å². The fourth-order valence-corrected chi connectivity index (χ4v) is 3.03. The second-order valence-electron chi connectivity index (χ2n) is 6.53. The van der Waals surface area contributed by atoms with Gasteiger partial charge in [0.2, 0.25) is 11.9 Å². The lowest BCUT2D eigenvalue weighted by Crippen LogP contribution is -2.11. The molecule has 0 radical (unpaired) electrons. The molecule has 0 aliphatic heterocycles. The number of hydrazone groups is 1. The Labute approximate surface area is 182 Å². The molecule has 4 rings (SSSR count). The summed E-state index contributed by atoms with van der Waals surface area (Å²) < 4.78 is 2.67. The number of halogens is 1. The Bertz CT molecular complexity index is 1170. The van der Waals surface area contributed by atoms with Crippen LogP contribution in [-0.2, 0) is 0 Å². The van der Waals surface area contributed by atoms with Crippen molar-refractivity contribution in [2.45, 2.75) is 13.8 Å². The molecular weight excluding hydrogens is 444 g/mol. The minimum absolute atomic E-state index is 0.305. The van der Waals surface area contributed by atoms with Crippen LogP contribution < -0.4 is 10.7 Å². The molecule has 0 unspecified atom stereocenters. The van der Waals surface area contributed by atoms with Crippen LogP contribution >= 0.6 is 15.9 Å². The molecule has 4 aromatic rings. The van der Waals surface area contributed by atoms with Gasteiger partial charge in [0, 0.05) is 15.9 Å². The molecule has 0 aliphatic carbocycles. The topological polar surface area (TPSA) is 92.9 Å². The van der Waals surface area contributed by atoms with Crippen LogP contribution in [0, 0.1) is 13.8 Å². The van der Waals surface area contributed by atoms with E-state index in [1.54, 1.807) is 10.9 Å². The Morgan fingerprint density at radius 3 is 2.37 bits per heavy atom. The summed E-state index contributed by atoms with van der Waals surface area (Å²) in [5.74, 6) is 1.08. The van der Waals surface area contributed by atoms with Gasteiger partial charge in [-0.25, -0.2) is 10.1 Å². The Hall–Kier alpha value is -3.59. The van der Waals surface area contributed by atoms with Crippen molar-refractivity contribution < 1.29 is 0 Å². The highest BCUT2D eigenvalue weighted by Crippen LogP contribution is 2.19. The molecule has 0 bridgehead atoms. The second-order valence-corrected chi connectivity index (χ2v) is 7.45. The van der Waals surface area contributed by atoms with E-state index >= 15 is 0 Å². The lowest BCUT2D eigenvalue weighted by Gasteiger charge is -2.09. The van der Waals surface area contributed by atoms with Crippen molar-refractivity contribution >= 4 is 39.7 Å². The number of rotatable bonds is 6. The summed E-state index contributed by atoms with van der Waals surface area (Å²) in [7, 11) is 0. The van der Waals surface area contributed by atoms with Gasteiger partial charge in [0.05, 0.1) is 11.9 Å². The fourth-order valence-electron chi connectivity index (χ4n) is 2.76. The summed E-state index contributed by atoms with van der Waals surface area (Å²) in [6.07, 6.45) is 1.70. The van der Waals surface area contributed by atoms with Gasteiger partial charge in [-0.05, 0) is 49.7 Å². The largest absolute Gasteiger partial charge is 0.324 e. The maximum atomic E-state index is 4.53. The molecule has 2 N–H and O–H groups in total. The standard InChI is InChI=1S/C21H19BrN8/c1-14-12-15(2)30(29-14)21-26-19(24-18-10-8-17(22)9-11-18)25-20(27-21)28-23-13-16-6-4-3-5-7-16/h3-13H,1-2H3,(H2,24,25,26,27,28)/b23-13+. The first-order chi connectivity index (χ1) is 14.6. The normalized spacial score (nSPS) is 11.0. The Morgan fingerprint density at radius 1 is 0.933 bits per heavy atom. The van der Waals surface area contributed by atoms with Crippen LogP contribution in [0.15, 0.2) is 70.2 Å². The van der Waals surface area contributed by atoms with Crippen molar-refractivity contribution in [1.82, 2.24) is 24.7 Å². The molecule has 0 fully saturated rings. The van der Waals surface area contributed by atoms with Crippen LogP contribution in [0.3, 0.4) is 0 Å². The number of hydrogen-bond acceptors (Lipinski definition) is 7. The van der Waals surface area contributed by atoms with Gasteiger partial charge in [0.15, 0.2) is 0 Å². The van der Waals surface area contributed by atoms with Gasteiger partial charge >= 0.3 is 0 Å². The first kappa shape index (κ1) is 19.7. The average Bonchev–Trinajstić information content (AvgIpc) is 3.08. The summed E-state index contributed by atoms with van der Waals surface area (Å²) in [6, 6.07) is 19.5. The minimum atomic E-state index is 0.305. The number of nitrogens with zero attached hydrogens (tertiary/aromatic N) is 6. The SMILES string of the molecule is Cc1cc(C)n(-c2nc(N/N=C/c3ccccc3)nc(Nc3ccc(Br)cc3)n2)n1. The van der Waals surface area contributed by atoms with Gasteiger partial charge in [-0.15, -0.1) is 0 Å². The first-order valence-corrected chi connectivity index (χ1v) is 10.0. The van der Waals surface area contributed by atoms with E-state index in [1.165, 1.54) is 0 Å². The van der Waals surface area contributed by atoms with Gasteiger partial charge < -0.3 is 5.32 Å². The quantitative estimate of drug-likeness (QED) is 0.320. The number of hydrogen-bond donors (Lipinski definition) is 2. The van der Waals surface area contributed by atoms with Gasteiger partial charge in [-0.1, -0.05) is 46.3 Å². The Kier molecular flexibility index (Phi) is 5.80. The van der Waals surface area contributed by atoms with E-state index in [-0.39, 0.29) is 0 Å². The Morgan fingerprint density at radius 2 is 1.67 bits per heavy atom. The molecule has 2 heterocycles. The summed E-state index contributed by atoms with van der Waals surface area (Å²) in [5.41, 5.74) is 6.50. The monoisotopic (exact) mass is 462 g/mol. The van der Waals surface area contributed by atoms with E-state index in [4.69, 9.17) is 0 Å². The lowest BCUT2D eigenvalue weighted by molar-refractivity contribution is 0.767. The Balaban J connectivity index is 1.65. The summed E-state index contributed by atoms with van der Waals surface area (Å²) >= 11 is 3.44. The van der Waals surface area contributed by atoms with E-state index in [0.717, 1.165) is 27.1 Å². The van der Waals surface area contributed by atoms with Crippen molar-refractivity contribution in [1.29, 1.82) is 0 Å². The predicted molar refractivity (Wildman–Crippen MR) is 122 cm³/mol. The number of anilines is 3. The smallest absolute Gasteiger partial charge is 0.257 e. The molecule has 0 atom stereocenters. The van der Waals surface area contributed by atoms with Gasteiger partial charge in [-0.2, -0.15) is 25.2 Å². The van der Waals surface area contributed by atoms with E-state index in [1.807, 2.05) is 74.5 Å². The van der Waals surface area contributed by atoms with Crippen molar-refractivity contribution in [3.63, 3.8) is 0 Å². The number of aryl methyl sites for hydroxylation is 2. The maximum absolute atomic E-state index is 4.53. The number of aromatic nitrogens is 5. The molecule has 0 saturated heterocycles. The van der Waals surface area contributed by atoms with Gasteiger partial charge in [0.25, 0.3) is 5.95 Å². The molecule has 8 nitrogen and oxygen atoms in total. The molecule has 9 heteroatoms. The summed E-state index contributed by atoms with van der Waals surface area (Å²) in [5, 5.41) is 11.9. The van der Waals surface area contributed by atoms with Crippen molar-refractivity contribution in [2.24, 2.45) is 5.10 Å². The van der Waals surface area contributed by atoms with Crippen LogP contribution in [-0.4, -0.2) is 30.9 Å². The van der Waals surface area contributed by atoms with Crippen LogP contribution in [0.1, 0.15) is 17.0 Å². The average molecular weight is 463 g/mol. The molecular formula is C21H19BrN8. The highest BCUT2D eigenvalue weighted by molar-refractivity contribution is 9.10. The molecule has 150 valence electrons. The zero-order valence-electron chi connectivity index (χ0n) is 16.4. The zero-order valence-corrected chi connectivity index (χ0v) is 18.0. The third-order valence-corrected chi connectivity index (χ3v) is 4.63. The van der Waals surface area contributed by atoms with Crippen LogP contribution in [0.2, 0.25) is 0 Å². The van der Waals surface area contributed by atoms with E-state index < -0.39 is 0 Å². The van der Waals surface area contributed by atoms with E-state index in [9.17, 15) is 0 Å². The highest BCUT2D eigenvalue weighted by Gasteiger charge is 2.12. The van der Waals surface area contributed by atoms with Crippen LogP contribution in [0.4, 0.5) is 17.6 Å². The molecule has 0 aliphatic rings. The lowest BCUT2D eigenvalue weighted by atomic mass is 10.2. The summed E-state index contributed by atoms with van der Waals surface area (Å²) in [4.78, 5) is 13.4. The number of benzene rings is 2. The zero-order chi connectivity index (χ0) is 20.9. The minimum Gasteiger partial charge on any atom is -0.324 e. The third kappa shape index (κ3) is 4.87. The number of nitrogens with one attached hydrogen (secondary N) is 2. The van der Waals surface area contributed by atoms with Crippen molar-refractivity contribution in [3.05, 3.63) is 82.1 Å². The third-order valence-electron chi connectivity index (χ3n) is 4.10. The molecule has 0 saturated carbocycles. The van der Waals surface area contributed by atoms with Gasteiger partial charge in [0.1, 0.15) is 0 Å². The summed E-state index contributed by atoms with van der Waals surface area (Å²) in [6.45, 7) is 3.88. The predicted octanol–water partition coefficient (Wildman–Crippen LogP) is 4.63. The molecule has 2 aromatic heterocycles. The molecule has 0 amide bonds. The van der Waals surface area contributed by atoms with E-state index in [2.05, 4.69) is 51.8 Å². The van der Waals surface area contributed by atoms with Gasteiger partial charge in [-0.3, -0.25) is 0 Å². The molecule has 0 spiro atoms. The highest BCUT2D eigenvalue weighted by atomic mass is 79.9. The van der Waals surface area contributed by atoms with Crippen LogP contribution in [0.25, 0.3) is 5.95 Å². The second kappa shape index (κ2) is 8.83.